The molecule has 0 aliphatic carbocycles. The first-order chi connectivity index (χ1) is 12.0. The second-order valence-electron chi connectivity index (χ2n) is 6.79. The zero-order valence-corrected chi connectivity index (χ0v) is 15.4. The van der Waals surface area contributed by atoms with Crippen molar-refractivity contribution in [1.82, 2.24) is 9.80 Å². The number of nitrogens with zero attached hydrogens (tertiary/aromatic N) is 2. The molecule has 0 spiro atoms. The van der Waals surface area contributed by atoms with Gasteiger partial charge in [0, 0.05) is 25.6 Å². The molecule has 0 radical (unpaired) electrons. The summed E-state index contributed by atoms with van der Waals surface area (Å²) in [6.07, 6.45) is 3.22. The highest BCUT2D eigenvalue weighted by atomic mass is 16.4. The van der Waals surface area contributed by atoms with Crippen molar-refractivity contribution in [2.75, 3.05) is 26.2 Å². The van der Waals surface area contributed by atoms with Gasteiger partial charge in [0.1, 0.15) is 0 Å². The first-order valence-electron chi connectivity index (χ1n) is 9.33. The molecule has 25 heavy (non-hydrogen) atoms. The van der Waals surface area contributed by atoms with Crippen molar-refractivity contribution < 1.29 is 14.7 Å². The van der Waals surface area contributed by atoms with E-state index in [9.17, 15) is 9.59 Å². The predicted molar refractivity (Wildman–Crippen MR) is 98.6 cm³/mol. The zero-order chi connectivity index (χ0) is 18.2. The van der Waals surface area contributed by atoms with Crippen molar-refractivity contribution in [2.45, 2.75) is 51.5 Å². The van der Waals surface area contributed by atoms with Gasteiger partial charge in [-0.2, -0.15) is 0 Å². The lowest BCUT2D eigenvalue weighted by molar-refractivity contribution is -0.140. The molecule has 0 bridgehead atoms. The van der Waals surface area contributed by atoms with Crippen molar-refractivity contribution in [1.29, 1.82) is 0 Å². The molecule has 1 N–H and O–H groups in total. The Morgan fingerprint density at radius 1 is 1.20 bits per heavy atom. The summed E-state index contributed by atoms with van der Waals surface area (Å²) in [7, 11) is 0. The summed E-state index contributed by atoms with van der Waals surface area (Å²) in [5.41, 5.74) is 1.23. The van der Waals surface area contributed by atoms with Crippen LogP contribution in [-0.4, -0.2) is 59.0 Å². The fourth-order valence-electron chi connectivity index (χ4n) is 3.72. The van der Waals surface area contributed by atoms with E-state index in [2.05, 4.69) is 19.1 Å². The molecule has 0 saturated carbocycles. The van der Waals surface area contributed by atoms with Crippen LogP contribution < -0.4 is 0 Å². The normalized spacial score (nSPS) is 16.8. The third-order valence-corrected chi connectivity index (χ3v) is 5.26. The molecular weight excluding hydrogens is 316 g/mol. The highest BCUT2D eigenvalue weighted by molar-refractivity contribution is 5.77. The molecule has 1 heterocycles. The maximum atomic E-state index is 12.7. The number of carboxylic acids is 1. The number of amides is 1. The van der Waals surface area contributed by atoms with Crippen molar-refractivity contribution in [3.05, 3.63) is 35.9 Å². The van der Waals surface area contributed by atoms with Crippen LogP contribution in [0.3, 0.4) is 0 Å². The summed E-state index contributed by atoms with van der Waals surface area (Å²) in [6, 6.07) is 10.5. The molecule has 1 fully saturated rings. The summed E-state index contributed by atoms with van der Waals surface area (Å²) in [5, 5.41) is 9.01. The maximum absolute atomic E-state index is 12.7. The number of carbonyl (C=O) groups is 2. The standard InChI is InChI=1S/C20H30N2O3/c1-3-16(17-8-6-5-7-9-17)14-19(23)22-12-10-18(11-13-22)21(4-2)15-20(24)25/h5-9,16,18H,3-4,10-15H2,1-2H3,(H,24,25). The van der Waals surface area contributed by atoms with Gasteiger partial charge >= 0.3 is 5.97 Å². The van der Waals surface area contributed by atoms with Gasteiger partial charge in [0.2, 0.25) is 5.91 Å². The maximum Gasteiger partial charge on any atom is 0.317 e. The molecular formula is C20H30N2O3. The molecule has 1 aliphatic heterocycles. The van der Waals surface area contributed by atoms with Gasteiger partial charge in [-0.3, -0.25) is 14.5 Å². The zero-order valence-electron chi connectivity index (χ0n) is 15.4. The lowest BCUT2D eigenvalue weighted by Gasteiger charge is -2.38. The van der Waals surface area contributed by atoms with E-state index in [4.69, 9.17) is 5.11 Å². The molecule has 5 heteroatoms. The van der Waals surface area contributed by atoms with Crippen molar-refractivity contribution in [3.8, 4) is 0 Å². The van der Waals surface area contributed by atoms with Crippen LogP contribution in [-0.2, 0) is 9.59 Å². The molecule has 5 nitrogen and oxygen atoms in total. The Balaban J connectivity index is 1.87. The van der Waals surface area contributed by atoms with E-state index in [1.807, 2.05) is 34.9 Å². The SMILES string of the molecule is CCC(CC(=O)N1CCC(N(CC)CC(=O)O)CC1)c1ccccc1. The second-order valence-corrected chi connectivity index (χ2v) is 6.79. The number of aliphatic carboxylic acids is 1. The highest BCUT2D eigenvalue weighted by Crippen LogP contribution is 2.25. The lowest BCUT2D eigenvalue weighted by atomic mass is 9.92. The summed E-state index contributed by atoms with van der Waals surface area (Å²) in [4.78, 5) is 27.6. The molecule has 1 atom stereocenters. The summed E-state index contributed by atoms with van der Waals surface area (Å²) >= 11 is 0. The third-order valence-electron chi connectivity index (χ3n) is 5.26. The quantitative estimate of drug-likeness (QED) is 0.786. The van der Waals surface area contributed by atoms with Crippen molar-refractivity contribution >= 4 is 11.9 Å². The number of hydrogen-bond donors (Lipinski definition) is 1. The topological polar surface area (TPSA) is 60.9 Å². The molecule has 1 aromatic carbocycles. The number of carbonyl (C=O) groups excluding carboxylic acids is 1. The Morgan fingerprint density at radius 3 is 2.36 bits per heavy atom. The average Bonchev–Trinajstić information content (AvgIpc) is 2.64. The van der Waals surface area contributed by atoms with Crippen molar-refractivity contribution in [2.24, 2.45) is 0 Å². The van der Waals surface area contributed by atoms with E-state index < -0.39 is 5.97 Å². The minimum Gasteiger partial charge on any atom is -0.480 e. The smallest absolute Gasteiger partial charge is 0.317 e. The Hall–Kier alpha value is -1.88. The summed E-state index contributed by atoms with van der Waals surface area (Å²) < 4.78 is 0. The fraction of sp³-hybridized carbons (Fsp3) is 0.600. The predicted octanol–water partition coefficient (Wildman–Crippen LogP) is 2.97. The van der Waals surface area contributed by atoms with Gasteiger partial charge < -0.3 is 10.0 Å². The van der Waals surface area contributed by atoms with Gasteiger partial charge in [-0.15, -0.1) is 0 Å². The number of benzene rings is 1. The van der Waals surface area contributed by atoms with Crippen molar-refractivity contribution in [3.63, 3.8) is 0 Å². The molecule has 138 valence electrons. The summed E-state index contributed by atoms with van der Waals surface area (Å²) in [6.45, 7) is 6.39. The number of piperidine rings is 1. The highest BCUT2D eigenvalue weighted by Gasteiger charge is 2.28. The van der Waals surface area contributed by atoms with Gasteiger partial charge in [0.05, 0.1) is 6.54 Å². The van der Waals surface area contributed by atoms with Crippen LogP contribution in [0.4, 0.5) is 0 Å². The van der Waals surface area contributed by atoms with E-state index in [1.54, 1.807) is 0 Å². The lowest BCUT2D eigenvalue weighted by Crippen LogP contribution is -2.48. The Morgan fingerprint density at radius 2 is 1.84 bits per heavy atom. The van der Waals surface area contributed by atoms with E-state index in [1.165, 1.54) is 5.56 Å². The van der Waals surface area contributed by atoms with Crippen LogP contribution in [0.5, 0.6) is 0 Å². The Bertz CT molecular complexity index is 553. The van der Waals surface area contributed by atoms with Gasteiger partial charge in [-0.25, -0.2) is 0 Å². The van der Waals surface area contributed by atoms with Crippen LogP contribution in [0, 0.1) is 0 Å². The molecule has 1 aliphatic rings. The second kappa shape index (κ2) is 9.56. The van der Waals surface area contributed by atoms with Gasteiger partial charge in [-0.05, 0) is 37.3 Å². The number of likely N-dealkylation sites (tertiary alicyclic amines) is 1. The first-order valence-corrected chi connectivity index (χ1v) is 9.33. The Kier molecular flexibility index (Phi) is 7.44. The number of hydrogen-bond acceptors (Lipinski definition) is 3. The third kappa shape index (κ3) is 5.56. The molecule has 1 saturated heterocycles. The largest absolute Gasteiger partial charge is 0.480 e. The molecule has 1 unspecified atom stereocenters. The first kappa shape index (κ1) is 19.4. The average molecular weight is 346 g/mol. The van der Waals surface area contributed by atoms with Crippen LogP contribution in [0.1, 0.15) is 51.0 Å². The van der Waals surface area contributed by atoms with E-state index in [0.29, 0.717) is 6.42 Å². The van der Waals surface area contributed by atoms with Crippen LogP contribution in [0.25, 0.3) is 0 Å². The van der Waals surface area contributed by atoms with Gasteiger partial charge in [0.15, 0.2) is 0 Å². The van der Waals surface area contributed by atoms with E-state index in [0.717, 1.165) is 38.9 Å². The number of carboxylic acid groups (broad SMARTS) is 1. The monoisotopic (exact) mass is 346 g/mol. The minimum absolute atomic E-state index is 0.0844. The molecule has 1 amide bonds. The van der Waals surface area contributed by atoms with Crippen LogP contribution in [0.15, 0.2) is 30.3 Å². The van der Waals surface area contributed by atoms with Gasteiger partial charge in [-0.1, -0.05) is 44.2 Å². The Labute approximate surface area is 150 Å². The van der Waals surface area contributed by atoms with E-state index >= 15 is 0 Å². The van der Waals surface area contributed by atoms with E-state index in [-0.39, 0.29) is 24.4 Å². The molecule has 1 aromatic rings. The fourth-order valence-corrected chi connectivity index (χ4v) is 3.72. The number of likely N-dealkylation sites (N-methyl/N-ethyl adjacent to an activating group) is 1. The van der Waals surface area contributed by atoms with Crippen LogP contribution in [0.2, 0.25) is 0 Å². The molecule has 2 rings (SSSR count). The number of rotatable bonds is 8. The minimum atomic E-state index is -0.783. The van der Waals surface area contributed by atoms with Crippen LogP contribution >= 0.6 is 0 Å². The molecule has 0 aromatic heterocycles. The van der Waals surface area contributed by atoms with Gasteiger partial charge in [0.25, 0.3) is 0 Å². The summed E-state index contributed by atoms with van der Waals surface area (Å²) in [5.74, 6) is -0.296.